The molecule has 3 aromatic rings. The highest BCUT2D eigenvalue weighted by Gasteiger charge is 2.32. The van der Waals surface area contributed by atoms with Crippen LogP contribution < -0.4 is 0 Å². The van der Waals surface area contributed by atoms with Crippen molar-refractivity contribution in [1.82, 2.24) is 29.6 Å². The van der Waals surface area contributed by atoms with Crippen LogP contribution in [0.4, 0.5) is 0 Å². The average Bonchev–Trinajstić information content (AvgIpc) is 3.36. The monoisotopic (exact) mass is 420 g/mol. The van der Waals surface area contributed by atoms with Crippen molar-refractivity contribution in [1.29, 1.82) is 0 Å². The molecule has 7 nitrogen and oxygen atoms in total. The lowest BCUT2D eigenvalue weighted by Crippen LogP contribution is -2.39. The smallest absolute Gasteiger partial charge is 0.233 e. The van der Waals surface area contributed by atoms with Crippen LogP contribution in [0.3, 0.4) is 0 Å². The zero-order valence-electron chi connectivity index (χ0n) is 14.7. The molecule has 140 valence electrons. The largest absolute Gasteiger partial charge is 0.333 e. The minimum absolute atomic E-state index is 0.0806. The van der Waals surface area contributed by atoms with Gasteiger partial charge in [0.15, 0.2) is 5.82 Å². The summed E-state index contributed by atoms with van der Waals surface area (Å²) in [5.74, 6) is 2.96. The molecule has 0 atom stereocenters. The van der Waals surface area contributed by atoms with Crippen molar-refractivity contribution in [2.75, 3.05) is 12.3 Å². The first kappa shape index (κ1) is 17.4. The molecule has 1 aliphatic heterocycles. The van der Waals surface area contributed by atoms with E-state index in [4.69, 9.17) is 11.6 Å². The summed E-state index contributed by atoms with van der Waals surface area (Å²) in [6, 6.07) is 0. The van der Waals surface area contributed by atoms with Crippen LogP contribution in [-0.4, -0.2) is 47.8 Å². The summed E-state index contributed by atoms with van der Waals surface area (Å²) < 4.78 is 2.19. The summed E-state index contributed by atoms with van der Waals surface area (Å²) in [5, 5.41) is 10.9. The predicted octanol–water partition coefficient (Wildman–Crippen LogP) is 3.26. The number of thioether (sulfide) groups is 1. The van der Waals surface area contributed by atoms with Gasteiger partial charge in [0, 0.05) is 23.9 Å². The molecule has 5 rings (SSSR count). The molecule has 1 aliphatic carbocycles. The SMILES string of the molecule is Cc1sc2ncnc(SCC(=O)N3CCn4c(nnc4C4CC4)C3)c2c1Cl. The Hall–Kier alpha value is -1.71. The molecule has 1 fully saturated rings. The van der Waals surface area contributed by atoms with E-state index in [1.165, 1.54) is 30.9 Å². The van der Waals surface area contributed by atoms with Gasteiger partial charge in [0.1, 0.15) is 22.0 Å². The highest BCUT2D eigenvalue weighted by molar-refractivity contribution is 8.00. The number of rotatable bonds is 4. The minimum Gasteiger partial charge on any atom is -0.333 e. The molecule has 1 amide bonds. The fourth-order valence-electron chi connectivity index (χ4n) is 3.35. The number of halogens is 1. The maximum atomic E-state index is 12.7. The number of aryl methyl sites for hydroxylation is 1. The summed E-state index contributed by atoms with van der Waals surface area (Å²) in [6.45, 7) is 3.96. The van der Waals surface area contributed by atoms with Crippen LogP contribution in [-0.2, 0) is 17.9 Å². The molecule has 1 saturated carbocycles. The highest BCUT2D eigenvalue weighted by atomic mass is 35.5. The third kappa shape index (κ3) is 3.11. The maximum absolute atomic E-state index is 12.7. The van der Waals surface area contributed by atoms with Crippen LogP contribution in [0, 0.1) is 6.92 Å². The van der Waals surface area contributed by atoms with Crippen molar-refractivity contribution in [2.24, 2.45) is 0 Å². The lowest BCUT2D eigenvalue weighted by Gasteiger charge is -2.27. The molecule has 0 N–H and O–H groups in total. The van der Waals surface area contributed by atoms with E-state index in [9.17, 15) is 4.79 Å². The Morgan fingerprint density at radius 1 is 1.33 bits per heavy atom. The Kier molecular flexibility index (Phi) is 4.33. The van der Waals surface area contributed by atoms with Crippen LogP contribution in [0.1, 0.15) is 35.3 Å². The van der Waals surface area contributed by atoms with E-state index in [0.29, 0.717) is 29.8 Å². The van der Waals surface area contributed by atoms with Gasteiger partial charge < -0.3 is 9.47 Å². The van der Waals surface area contributed by atoms with Crippen molar-refractivity contribution in [3.63, 3.8) is 0 Å². The Balaban J connectivity index is 1.29. The van der Waals surface area contributed by atoms with Crippen LogP contribution in [0.2, 0.25) is 5.02 Å². The first-order valence-electron chi connectivity index (χ1n) is 8.84. The fourth-order valence-corrected chi connectivity index (χ4v) is 5.61. The van der Waals surface area contributed by atoms with Gasteiger partial charge in [-0.15, -0.1) is 21.5 Å². The van der Waals surface area contributed by atoms with E-state index in [2.05, 4.69) is 24.7 Å². The first-order chi connectivity index (χ1) is 13.1. The van der Waals surface area contributed by atoms with Crippen LogP contribution in [0.5, 0.6) is 0 Å². The number of carbonyl (C=O) groups is 1. The molecule has 3 aromatic heterocycles. The molecule has 0 unspecified atom stereocenters. The standard InChI is InChI=1S/C17H17ClN6OS2/c1-9-14(18)13-16(19-8-20-17(13)27-9)26-7-12(25)23-4-5-24-11(6-23)21-22-15(24)10-2-3-10/h8,10H,2-7H2,1H3. The normalized spacial score (nSPS) is 16.7. The lowest BCUT2D eigenvalue weighted by atomic mass is 10.3. The number of hydrogen-bond donors (Lipinski definition) is 0. The van der Waals surface area contributed by atoms with E-state index in [1.54, 1.807) is 11.3 Å². The van der Waals surface area contributed by atoms with Gasteiger partial charge in [-0.25, -0.2) is 9.97 Å². The molecule has 0 spiro atoms. The van der Waals surface area contributed by atoms with Crippen molar-refractivity contribution >= 4 is 50.8 Å². The van der Waals surface area contributed by atoms with Crippen molar-refractivity contribution in [3.05, 3.63) is 27.9 Å². The third-order valence-electron chi connectivity index (χ3n) is 4.97. The number of amides is 1. The molecule has 4 heterocycles. The molecule has 0 radical (unpaired) electrons. The lowest BCUT2D eigenvalue weighted by molar-refractivity contribution is -0.129. The summed E-state index contributed by atoms with van der Waals surface area (Å²) >= 11 is 9.37. The van der Waals surface area contributed by atoms with E-state index in [-0.39, 0.29) is 5.91 Å². The van der Waals surface area contributed by atoms with Gasteiger partial charge in [-0.1, -0.05) is 23.4 Å². The zero-order valence-corrected chi connectivity index (χ0v) is 17.1. The van der Waals surface area contributed by atoms with Crippen molar-refractivity contribution < 1.29 is 4.79 Å². The summed E-state index contributed by atoms with van der Waals surface area (Å²) in [5.41, 5.74) is 0. The average molecular weight is 421 g/mol. The molecule has 27 heavy (non-hydrogen) atoms. The number of nitrogens with zero attached hydrogens (tertiary/aromatic N) is 6. The zero-order chi connectivity index (χ0) is 18.5. The van der Waals surface area contributed by atoms with Gasteiger partial charge in [0.05, 0.1) is 22.7 Å². The summed E-state index contributed by atoms with van der Waals surface area (Å²) in [4.78, 5) is 25.1. The Morgan fingerprint density at radius 3 is 3.00 bits per heavy atom. The highest BCUT2D eigenvalue weighted by Crippen LogP contribution is 2.40. The second kappa shape index (κ2) is 6.72. The summed E-state index contributed by atoms with van der Waals surface area (Å²) in [7, 11) is 0. The van der Waals surface area contributed by atoms with Crippen LogP contribution in [0.25, 0.3) is 10.2 Å². The molecule has 0 bridgehead atoms. The third-order valence-corrected chi connectivity index (χ3v) is 7.54. The van der Waals surface area contributed by atoms with E-state index in [1.807, 2.05) is 11.8 Å². The van der Waals surface area contributed by atoms with Crippen LogP contribution >= 0.6 is 34.7 Å². The number of thiophene rings is 1. The van der Waals surface area contributed by atoms with Gasteiger partial charge in [0.2, 0.25) is 5.91 Å². The maximum Gasteiger partial charge on any atom is 0.233 e. The number of aromatic nitrogens is 5. The van der Waals surface area contributed by atoms with E-state index < -0.39 is 0 Å². The number of fused-ring (bicyclic) bond motifs is 2. The molecule has 10 heteroatoms. The van der Waals surface area contributed by atoms with Gasteiger partial charge in [-0.2, -0.15) is 0 Å². The second-order valence-corrected chi connectivity index (χ2v) is 9.38. The Morgan fingerprint density at radius 2 is 2.19 bits per heavy atom. The van der Waals surface area contributed by atoms with Crippen molar-refractivity contribution in [2.45, 2.75) is 43.8 Å². The molecule has 0 saturated heterocycles. The summed E-state index contributed by atoms with van der Waals surface area (Å²) in [6.07, 6.45) is 3.94. The Bertz CT molecular complexity index is 1040. The number of hydrogen-bond acceptors (Lipinski definition) is 7. The quantitative estimate of drug-likeness (QED) is 0.476. The fraction of sp³-hybridized carbons (Fsp3) is 0.471. The Labute approximate surface area is 169 Å². The number of carbonyl (C=O) groups excluding carboxylic acids is 1. The van der Waals surface area contributed by atoms with Crippen molar-refractivity contribution in [3.8, 4) is 0 Å². The molecular weight excluding hydrogens is 404 g/mol. The molecular formula is C17H17ClN6OS2. The first-order valence-corrected chi connectivity index (χ1v) is 11.0. The van der Waals surface area contributed by atoms with Gasteiger partial charge in [-0.05, 0) is 19.8 Å². The van der Waals surface area contributed by atoms with Crippen LogP contribution in [0.15, 0.2) is 11.4 Å². The molecule has 0 aromatic carbocycles. The van der Waals surface area contributed by atoms with Gasteiger partial charge >= 0.3 is 0 Å². The molecule has 2 aliphatic rings. The van der Waals surface area contributed by atoms with Gasteiger partial charge in [-0.3, -0.25) is 4.79 Å². The van der Waals surface area contributed by atoms with Gasteiger partial charge in [0.25, 0.3) is 0 Å². The second-order valence-electron chi connectivity index (χ2n) is 6.84. The van der Waals surface area contributed by atoms with E-state index in [0.717, 1.165) is 38.3 Å². The van der Waals surface area contributed by atoms with E-state index >= 15 is 0 Å². The minimum atomic E-state index is 0.0806. The predicted molar refractivity (Wildman–Crippen MR) is 105 cm³/mol. The topological polar surface area (TPSA) is 76.8 Å².